The van der Waals surface area contributed by atoms with Gasteiger partial charge in [0.15, 0.2) is 17.3 Å². The van der Waals surface area contributed by atoms with Crippen LogP contribution < -0.4 is 0 Å². The molecule has 2 heterocycles. The van der Waals surface area contributed by atoms with E-state index < -0.39 is 0 Å². The van der Waals surface area contributed by atoms with Gasteiger partial charge in [-0.2, -0.15) is 0 Å². The van der Waals surface area contributed by atoms with E-state index in [0.717, 1.165) is 30.0 Å². The van der Waals surface area contributed by atoms with Crippen LogP contribution in [0.3, 0.4) is 0 Å². The Morgan fingerprint density at radius 1 is 1.30 bits per heavy atom. The fourth-order valence-corrected chi connectivity index (χ4v) is 1.93. The van der Waals surface area contributed by atoms with Crippen LogP contribution in [0.1, 0.15) is 17.1 Å². The first-order valence-corrected chi connectivity index (χ1v) is 7.44. The number of nitrogens with zero attached hydrogens (tertiary/aromatic N) is 5. The zero-order valence-electron chi connectivity index (χ0n) is 13.0. The molecule has 5 nitrogen and oxygen atoms in total. The van der Waals surface area contributed by atoms with Crippen LogP contribution in [0, 0.1) is 6.92 Å². The van der Waals surface area contributed by atoms with E-state index in [1.54, 1.807) is 12.4 Å². The molecular formula is C16H19CuN5S+2. The van der Waals surface area contributed by atoms with E-state index in [1.807, 2.05) is 55.3 Å². The van der Waals surface area contributed by atoms with Crippen LogP contribution in [0.15, 0.2) is 47.7 Å². The molecule has 0 atom stereocenters. The van der Waals surface area contributed by atoms with Gasteiger partial charge in [0.25, 0.3) is 0 Å². The van der Waals surface area contributed by atoms with E-state index in [0.29, 0.717) is 5.11 Å². The molecule has 0 saturated carbocycles. The maximum Gasteiger partial charge on any atom is 2.00 e. The van der Waals surface area contributed by atoms with Gasteiger partial charge in [0, 0.05) is 36.8 Å². The summed E-state index contributed by atoms with van der Waals surface area (Å²) in [5, 5.41) is 4.58. The van der Waals surface area contributed by atoms with Crippen molar-refractivity contribution in [1.82, 2.24) is 14.9 Å². The van der Waals surface area contributed by atoms with Crippen molar-refractivity contribution in [2.75, 3.05) is 13.6 Å². The van der Waals surface area contributed by atoms with Crippen LogP contribution in [0.4, 0.5) is 0 Å². The second-order valence-electron chi connectivity index (χ2n) is 4.84. The second-order valence-corrected chi connectivity index (χ2v) is 5.24. The van der Waals surface area contributed by atoms with Crippen LogP contribution >= 0.6 is 0 Å². The molecular weight excluding hydrogens is 358 g/mol. The first kappa shape index (κ1) is 19.4. The Hall–Kier alpha value is -1.66. The Balaban J connectivity index is 0.00000264. The molecule has 0 aliphatic heterocycles. The van der Waals surface area contributed by atoms with Crippen molar-refractivity contribution in [3.63, 3.8) is 0 Å². The summed E-state index contributed by atoms with van der Waals surface area (Å²) < 4.78 is 0. The summed E-state index contributed by atoms with van der Waals surface area (Å²) in [4.78, 5) is 10.5. The molecule has 0 N–H and O–H groups in total. The van der Waals surface area contributed by atoms with Crippen LogP contribution in [-0.2, 0) is 35.7 Å². The van der Waals surface area contributed by atoms with Crippen molar-refractivity contribution in [2.45, 2.75) is 13.3 Å². The molecule has 2 aromatic heterocycles. The Labute approximate surface area is 152 Å². The zero-order valence-corrected chi connectivity index (χ0v) is 14.9. The normalized spacial score (nSPS) is 10.6. The summed E-state index contributed by atoms with van der Waals surface area (Å²) >= 11 is 4.36. The van der Waals surface area contributed by atoms with Gasteiger partial charge in [-0.05, 0) is 38.2 Å². The SMILES string of the molecule is Cc1cccc(C=N[N-]C(=[SH+])N(C)CCc2ccccn2)n1.[Cu+2]. The van der Waals surface area contributed by atoms with E-state index in [2.05, 4.69) is 32.7 Å². The van der Waals surface area contributed by atoms with Crippen LogP contribution in [0.25, 0.3) is 5.43 Å². The number of hydrogen-bond acceptors (Lipinski definition) is 3. The third-order valence-electron chi connectivity index (χ3n) is 3.02. The van der Waals surface area contributed by atoms with Crippen molar-refractivity contribution >= 4 is 23.5 Å². The average Bonchev–Trinajstić information content (AvgIpc) is 2.53. The number of hydrogen-bond donors (Lipinski definition) is 0. The van der Waals surface area contributed by atoms with Gasteiger partial charge in [-0.15, -0.1) is 0 Å². The molecule has 0 bridgehead atoms. The molecule has 23 heavy (non-hydrogen) atoms. The molecule has 123 valence electrons. The summed E-state index contributed by atoms with van der Waals surface area (Å²) in [6.45, 7) is 2.72. The minimum Gasteiger partial charge on any atom is -0.515 e. The molecule has 0 amide bonds. The maximum atomic E-state index is 4.36. The van der Waals surface area contributed by atoms with E-state index in [1.165, 1.54) is 0 Å². The van der Waals surface area contributed by atoms with Crippen LogP contribution in [-0.4, -0.2) is 39.8 Å². The number of aromatic nitrogens is 2. The van der Waals surface area contributed by atoms with Gasteiger partial charge in [0.05, 0.1) is 5.69 Å². The quantitative estimate of drug-likeness (QED) is 0.200. The Bertz CT molecular complexity index is 648. The van der Waals surface area contributed by atoms with E-state index in [4.69, 9.17) is 0 Å². The van der Waals surface area contributed by atoms with Crippen molar-refractivity contribution in [3.8, 4) is 0 Å². The zero-order chi connectivity index (χ0) is 15.8. The molecule has 2 aromatic rings. The topological polar surface area (TPSA) is 55.5 Å². The molecule has 0 aromatic carbocycles. The molecule has 1 radical (unpaired) electrons. The first-order chi connectivity index (χ1) is 10.6. The standard InChI is InChI=1S/C16H19N5S.Cu/c1-13-6-5-8-15(19-13)12-18-20-16(22)21(2)11-9-14-7-3-4-10-17-14;/h3-8,10,12H,9,11H2,1-2H3,(H,19,20,22);/q;+2. The second kappa shape index (κ2) is 10.2. The smallest absolute Gasteiger partial charge is 0.515 e. The van der Waals surface area contributed by atoms with Crippen molar-refractivity contribution in [1.29, 1.82) is 0 Å². The molecule has 0 spiro atoms. The maximum absolute atomic E-state index is 4.36. The summed E-state index contributed by atoms with van der Waals surface area (Å²) in [5.74, 6) is 0. The monoisotopic (exact) mass is 376 g/mol. The summed E-state index contributed by atoms with van der Waals surface area (Å²) in [6.07, 6.45) is 4.25. The molecule has 0 aliphatic rings. The number of pyridine rings is 2. The number of rotatable bonds is 5. The number of thiol groups is 1. The van der Waals surface area contributed by atoms with E-state index >= 15 is 0 Å². The van der Waals surface area contributed by atoms with Gasteiger partial charge >= 0.3 is 17.1 Å². The predicted octanol–water partition coefficient (Wildman–Crippen LogP) is 2.03. The van der Waals surface area contributed by atoms with Gasteiger partial charge < -0.3 is 10.5 Å². The molecule has 0 fully saturated rings. The third kappa shape index (κ3) is 6.97. The summed E-state index contributed by atoms with van der Waals surface area (Å²) in [7, 11) is 1.93. The molecule has 0 aliphatic carbocycles. The summed E-state index contributed by atoms with van der Waals surface area (Å²) in [6, 6.07) is 11.7. The fourth-order valence-electron chi connectivity index (χ4n) is 1.78. The van der Waals surface area contributed by atoms with Gasteiger partial charge in [-0.3, -0.25) is 9.97 Å². The fraction of sp³-hybridized carbons (Fsp3) is 0.250. The number of aryl methyl sites for hydroxylation is 1. The van der Waals surface area contributed by atoms with Crippen molar-refractivity contribution in [2.24, 2.45) is 5.10 Å². The van der Waals surface area contributed by atoms with Gasteiger partial charge in [0.1, 0.15) is 0 Å². The van der Waals surface area contributed by atoms with Crippen molar-refractivity contribution < 1.29 is 17.1 Å². The molecule has 2 rings (SSSR count). The molecule has 0 unspecified atom stereocenters. The minimum atomic E-state index is 0. The predicted molar refractivity (Wildman–Crippen MR) is 94.3 cm³/mol. The average molecular weight is 377 g/mol. The van der Waals surface area contributed by atoms with Crippen molar-refractivity contribution in [3.05, 3.63) is 65.1 Å². The Kier molecular flexibility index (Phi) is 8.58. The van der Waals surface area contributed by atoms with Crippen LogP contribution in [0.5, 0.6) is 0 Å². The third-order valence-corrected chi connectivity index (χ3v) is 3.45. The first-order valence-electron chi connectivity index (χ1n) is 7.00. The Morgan fingerprint density at radius 2 is 2.13 bits per heavy atom. The van der Waals surface area contributed by atoms with E-state index in [-0.39, 0.29) is 17.1 Å². The molecule has 7 heteroatoms. The van der Waals surface area contributed by atoms with Gasteiger partial charge in [-0.1, -0.05) is 12.1 Å². The minimum absolute atomic E-state index is 0. The molecule has 0 saturated heterocycles. The number of likely N-dealkylation sites (N-methyl/N-ethyl adjacent to an activating group) is 1. The summed E-state index contributed by atoms with van der Waals surface area (Å²) in [5.41, 5.74) is 6.85. The van der Waals surface area contributed by atoms with E-state index in [9.17, 15) is 0 Å². The Morgan fingerprint density at radius 3 is 2.83 bits per heavy atom. The van der Waals surface area contributed by atoms with Crippen LogP contribution in [0.2, 0.25) is 0 Å². The largest absolute Gasteiger partial charge is 2.00 e. The van der Waals surface area contributed by atoms with Gasteiger partial charge in [0.2, 0.25) is 0 Å². The van der Waals surface area contributed by atoms with Gasteiger partial charge in [-0.25, -0.2) is 4.90 Å².